The van der Waals surface area contributed by atoms with Gasteiger partial charge in [-0.25, -0.2) is 9.18 Å². The molecule has 0 saturated carbocycles. The number of nitrogens with one attached hydrogen (secondary N) is 1. The third-order valence-corrected chi connectivity index (χ3v) is 3.23. The molecule has 2 rings (SSSR count). The molecule has 3 N–H and O–H groups in total. The molecule has 0 aliphatic carbocycles. The van der Waals surface area contributed by atoms with E-state index in [9.17, 15) is 9.18 Å². The Morgan fingerprint density at radius 2 is 2.20 bits per heavy atom. The van der Waals surface area contributed by atoms with Crippen LogP contribution in [0.3, 0.4) is 0 Å². The smallest absolute Gasteiger partial charge is 0.322 e. The summed E-state index contributed by atoms with van der Waals surface area (Å²) in [7, 11) is 0. The van der Waals surface area contributed by atoms with Crippen molar-refractivity contribution in [1.82, 2.24) is 5.32 Å². The molecular weight excluding hydrogens is 261 g/mol. The molecule has 0 radical (unpaired) electrons. The van der Waals surface area contributed by atoms with Gasteiger partial charge in [0.1, 0.15) is 5.82 Å². The second kappa shape index (κ2) is 7.21. The fourth-order valence-corrected chi connectivity index (χ4v) is 2.12. The zero-order valence-corrected chi connectivity index (χ0v) is 11.3. The second-order valence-electron chi connectivity index (χ2n) is 4.78. The number of rotatable bonds is 5. The number of carbonyl (C=O) groups excluding carboxylic acids is 1. The molecule has 1 aromatic carbocycles. The first-order valence-corrected chi connectivity index (χ1v) is 6.82. The highest BCUT2D eigenvalue weighted by Gasteiger charge is 2.22. The molecule has 1 aromatic rings. The fraction of sp³-hybridized carbons (Fsp3) is 0.500. The molecule has 1 heterocycles. The molecule has 0 bridgehead atoms. The molecule has 1 unspecified atom stereocenters. The Morgan fingerprint density at radius 1 is 1.45 bits per heavy atom. The van der Waals surface area contributed by atoms with Crippen LogP contribution >= 0.6 is 0 Å². The third kappa shape index (κ3) is 3.91. The molecule has 6 heteroatoms. The number of amides is 2. The second-order valence-corrected chi connectivity index (χ2v) is 4.78. The summed E-state index contributed by atoms with van der Waals surface area (Å²) in [6.45, 7) is 2.21. The molecule has 0 aromatic heterocycles. The molecule has 5 nitrogen and oxygen atoms in total. The summed E-state index contributed by atoms with van der Waals surface area (Å²) in [5, 5.41) is 2.93. The minimum Gasteiger partial charge on any atom is -0.379 e. The number of ether oxygens (including phenoxy) is 1. The van der Waals surface area contributed by atoms with Crippen molar-refractivity contribution in [3.8, 4) is 0 Å². The van der Waals surface area contributed by atoms with Gasteiger partial charge in [-0.2, -0.15) is 0 Å². The lowest BCUT2D eigenvalue weighted by atomic mass is 10.2. The summed E-state index contributed by atoms with van der Waals surface area (Å²) >= 11 is 0. The van der Waals surface area contributed by atoms with Gasteiger partial charge in [-0.15, -0.1) is 0 Å². The van der Waals surface area contributed by atoms with E-state index < -0.39 is 0 Å². The van der Waals surface area contributed by atoms with E-state index in [2.05, 4.69) is 5.32 Å². The van der Waals surface area contributed by atoms with Gasteiger partial charge in [-0.1, -0.05) is 0 Å². The van der Waals surface area contributed by atoms with Gasteiger partial charge in [0.2, 0.25) is 0 Å². The number of urea groups is 1. The van der Waals surface area contributed by atoms with E-state index in [1.807, 2.05) is 0 Å². The average molecular weight is 281 g/mol. The van der Waals surface area contributed by atoms with E-state index in [0.29, 0.717) is 38.4 Å². The average Bonchev–Trinajstić information content (AvgIpc) is 2.94. The summed E-state index contributed by atoms with van der Waals surface area (Å²) in [6, 6.07) is 5.73. The van der Waals surface area contributed by atoms with Crippen LogP contribution in [-0.4, -0.2) is 38.4 Å². The van der Waals surface area contributed by atoms with E-state index in [4.69, 9.17) is 10.5 Å². The number of hydrogen-bond donors (Lipinski definition) is 2. The zero-order valence-electron chi connectivity index (χ0n) is 11.3. The largest absolute Gasteiger partial charge is 0.379 e. The standard InChI is InChI=1S/C14H20FN3O2/c15-11-2-4-13(5-3-11)18(8-1-7-16)14(19)17-12-6-9-20-10-12/h2-5,12H,1,6-10,16H2,(H,17,19). The van der Waals surface area contributed by atoms with E-state index in [0.717, 1.165) is 6.42 Å². The monoisotopic (exact) mass is 281 g/mol. The lowest BCUT2D eigenvalue weighted by Gasteiger charge is -2.24. The lowest BCUT2D eigenvalue weighted by Crippen LogP contribution is -2.46. The number of carbonyl (C=O) groups is 1. The van der Waals surface area contributed by atoms with Gasteiger partial charge in [0, 0.05) is 18.8 Å². The molecule has 20 heavy (non-hydrogen) atoms. The van der Waals surface area contributed by atoms with Crippen LogP contribution in [0.5, 0.6) is 0 Å². The van der Waals surface area contributed by atoms with Crippen molar-refractivity contribution in [2.75, 3.05) is 31.2 Å². The third-order valence-electron chi connectivity index (χ3n) is 3.23. The highest BCUT2D eigenvalue weighted by Crippen LogP contribution is 2.16. The molecular formula is C14H20FN3O2. The molecule has 110 valence electrons. The van der Waals surface area contributed by atoms with Gasteiger partial charge < -0.3 is 15.8 Å². The van der Waals surface area contributed by atoms with E-state index in [-0.39, 0.29) is 17.9 Å². The molecule has 2 amide bonds. The Labute approximate surface area is 117 Å². The number of benzene rings is 1. The Kier molecular flexibility index (Phi) is 5.31. The van der Waals surface area contributed by atoms with Gasteiger partial charge in [0.25, 0.3) is 0 Å². The first kappa shape index (κ1) is 14.7. The number of anilines is 1. The minimum absolute atomic E-state index is 0.0447. The Balaban J connectivity index is 2.05. The summed E-state index contributed by atoms with van der Waals surface area (Å²) in [4.78, 5) is 13.9. The number of hydrogen-bond acceptors (Lipinski definition) is 3. The van der Waals surface area contributed by atoms with Crippen molar-refractivity contribution in [1.29, 1.82) is 0 Å². The van der Waals surface area contributed by atoms with Crippen molar-refractivity contribution < 1.29 is 13.9 Å². The van der Waals surface area contributed by atoms with Crippen LogP contribution in [0.25, 0.3) is 0 Å². The van der Waals surface area contributed by atoms with Gasteiger partial charge in [0.15, 0.2) is 0 Å². The van der Waals surface area contributed by atoms with Crippen LogP contribution in [0.2, 0.25) is 0 Å². The van der Waals surface area contributed by atoms with Crippen LogP contribution in [0.4, 0.5) is 14.9 Å². The van der Waals surface area contributed by atoms with E-state index >= 15 is 0 Å². The molecule has 1 aliphatic heterocycles. The van der Waals surface area contributed by atoms with Gasteiger partial charge >= 0.3 is 6.03 Å². The summed E-state index contributed by atoms with van der Waals surface area (Å²) in [6.07, 6.45) is 1.51. The van der Waals surface area contributed by atoms with Crippen molar-refractivity contribution in [2.45, 2.75) is 18.9 Å². The highest BCUT2D eigenvalue weighted by molar-refractivity contribution is 5.92. The Morgan fingerprint density at radius 3 is 2.80 bits per heavy atom. The number of nitrogens with zero attached hydrogens (tertiary/aromatic N) is 1. The van der Waals surface area contributed by atoms with E-state index in [1.54, 1.807) is 17.0 Å². The van der Waals surface area contributed by atoms with E-state index in [1.165, 1.54) is 12.1 Å². The SMILES string of the molecule is NCCCN(C(=O)NC1CCOC1)c1ccc(F)cc1. The minimum atomic E-state index is -0.322. The molecule has 0 spiro atoms. The summed E-state index contributed by atoms with van der Waals surface area (Å²) in [5.74, 6) is -0.322. The van der Waals surface area contributed by atoms with Gasteiger partial charge in [-0.3, -0.25) is 4.90 Å². The maximum absolute atomic E-state index is 13.0. The number of halogens is 1. The van der Waals surface area contributed by atoms with Gasteiger partial charge in [-0.05, 0) is 43.7 Å². The predicted octanol–water partition coefficient (Wildman–Crippen LogP) is 1.48. The quantitative estimate of drug-likeness (QED) is 0.859. The lowest BCUT2D eigenvalue weighted by molar-refractivity contribution is 0.189. The molecule has 1 atom stereocenters. The molecule has 1 saturated heterocycles. The maximum Gasteiger partial charge on any atom is 0.322 e. The normalized spacial score (nSPS) is 18.0. The number of nitrogens with two attached hydrogens (primary N) is 1. The summed E-state index contributed by atoms with van der Waals surface area (Å²) in [5.41, 5.74) is 6.17. The first-order chi connectivity index (χ1) is 9.70. The van der Waals surface area contributed by atoms with Crippen LogP contribution < -0.4 is 16.0 Å². The van der Waals surface area contributed by atoms with Crippen LogP contribution in [0, 0.1) is 5.82 Å². The zero-order chi connectivity index (χ0) is 14.4. The molecule has 1 fully saturated rings. The molecule has 1 aliphatic rings. The van der Waals surface area contributed by atoms with Crippen LogP contribution in [0.1, 0.15) is 12.8 Å². The first-order valence-electron chi connectivity index (χ1n) is 6.82. The van der Waals surface area contributed by atoms with Crippen molar-refractivity contribution >= 4 is 11.7 Å². The highest BCUT2D eigenvalue weighted by atomic mass is 19.1. The predicted molar refractivity (Wildman–Crippen MR) is 75.2 cm³/mol. The Hall–Kier alpha value is -1.66. The van der Waals surface area contributed by atoms with Crippen molar-refractivity contribution in [2.24, 2.45) is 5.73 Å². The van der Waals surface area contributed by atoms with Crippen LogP contribution in [0.15, 0.2) is 24.3 Å². The van der Waals surface area contributed by atoms with Crippen molar-refractivity contribution in [3.63, 3.8) is 0 Å². The summed E-state index contributed by atoms with van der Waals surface area (Å²) < 4.78 is 18.2. The topological polar surface area (TPSA) is 67.6 Å². The maximum atomic E-state index is 13.0. The van der Waals surface area contributed by atoms with Crippen LogP contribution in [-0.2, 0) is 4.74 Å². The Bertz CT molecular complexity index is 433. The fourth-order valence-electron chi connectivity index (χ4n) is 2.12. The van der Waals surface area contributed by atoms with Crippen molar-refractivity contribution in [3.05, 3.63) is 30.1 Å². The van der Waals surface area contributed by atoms with Gasteiger partial charge in [0.05, 0.1) is 12.6 Å².